The summed E-state index contributed by atoms with van der Waals surface area (Å²) in [5, 5.41) is 8.72. The Morgan fingerprint density at radius 3 is 3.00 bits per heavy atom. The van der Waals surface area contributed by atoms with Crippen LogP contribution in [0.4, 0.5) is 0 Å². The molecule has 0 unspecified atom stereocenters. The van der Waals surface area contributed by atoms with Crippen LogP contribution in [0.25, 0.3) is 10.9 Å². The van der Waals surface area contributed by atoms with Gasteiger partial charge in [-0.1, -0.05) is 11.6 Å². The summed E-state index contributed by atoms with van der Waals surface area (Å²) in [6.45, 7) is 1.97. The number of nitrogens with zero attached hydrogens (tertiary/aromatic N) is 1. The van der Waals surface area contributed by atoms with E-state index >= 15 is 0 Å². The van der Waals surface area contributed by atoms with Gasteiger partial charge in [0.2, 0.25) is 0 Å². The zero-order valence-corrected chi connectivity index (χ0v) is 8.70. The fourth-order valence-electron chi connectivity index (χ4n) is 1.11. The average Bonchev–Trinajstić information content (AvgIpc) is 2.35. The van der Waals surface area contributed by atoms with Gasteiger partial charge >= 0.3 is 0 Å². The van der Waals surface area contributed by atoms with Crippen LogP contribution in [0.2, 0.25) is 5.02 Å². The summed E-state index contributed by atoms with van der Waals surface area (Å²) >= 11 is 9.29. The van der Waals surface area contributed by atoms with Gasteiger partial charge in [-0.05, 0) is 40.5 Å². The van der Waals surface area contributed by atoms with Crippen molar-refractivity contribution in [1.29, 1.82) is 0 Å². The molecule has 0 fully saturated rings. The molecule has 1 N–H and O–H groups in total. The third kappa shape index (κ3) is 1.13. The van der Waals surface area contributed by atoms with Crippen molar-refractivity contribution in [3.05, 3.63) is 27.3 Å². The molecular formula is C8H6BrClN2. The summed E-state index contributed by atoms with van der Waals surface area (Å²) in [5.74, 6) is 0. The topological polar surface area (TPSA) is 28.7 Å². The maximum absolute atomic E-state index is 5.93. The number of fused-ring (bicyclic) bond motifs is 1. The molecule has 62 valence electrons. The summed E-state index contributed by atoms with van der Waals surface area (Å²) in [7, 11) is 0. The van der Waals surface area contributed by atoms with Gasteiger partial charge in [0.1, 0.15) is 4.60 Å². The molecule has 2 rings (SSSR count). The van der Waals surface area contributed by atoms with E-state index in [0.29, 0.717) is 0 Å². The zero-order valence-electron chi connectivity index (χ0n) is 6.36. The smallest absolute Gasteiger partial charge is 0.108 e. The first-order valence-corrected chi connectivity index (χ1v) is 4.65. The molecule has 0 saturated carbocycles. The number of halogens is 2. The number of hydrogen-bond donors (Lipinski definition) is 1. The van der Waals surface area contributed by atoms with Gasteiger partial charge in [-0.25, -0.2) is 0 Å². The van der Waals surface area contributed by atoms with Crippen LogP contribution in [0, 0.1) is 6.92 Å². The van der Waals surface area contributed by atoms with Crippen molar-refractivity contribution in [3.8, 4) is 0 Å². The molecule has 0 atom stereocenters. The van der Waals surface area contributed by atoms with Gasteiger partial charge in [0, 0.05) is 10.4 Å². The summed E-state index contributed by atoms with van der Waals surface area (Å²) in [6, 6.07) is 3.86. The Labute approximate surface area is 83.0 Å². The van der Waals surface area contributed by atoms with Crippen molar-refractivity contribution in [1.82, 2.24) is 10.2 Å². The molecule has 0 aliphatic rings. The maximum atomic E-state index is 5.93. The minimum atomic E-state index is 0.751. The first-order valence-electron chi connectivity index (χ1n) is 3.48. The predicted octanol–water partition coefficient (Wildman–Crippen LogP) is 3.29. The van der Waals surface area contributed by atoms with Gasteiger partial charge in [0.25, 0.3) is 0 Å². The van der Waals surface area contributed by atoms with Crippen LogP contribution in [0.1, 0.15) is 5.56 Å². The third-order valence-corrected chi connectivity index (χ3v) is 2.80. The second kappa shape index (κ2) is 2.75. The standard InChI is InChI=1S/C8H6BrClN2/c1-4-2-5-7(3-6(4)10)11-12-8(5)9/h2-3H,1H3,(H,11,12). The van der Waals surface area contributed by atoms with Crippen molar-refractivity contribution in [2.45, 2.75) is 6.92 Å². The average molecular weight is 246 g/mol. The van der Waals surface area contributed by atoms with E-state index < -0.39 is 0 Å². The largest absolute Gasteiger partial charge is 0.270 e. The van der Waals surface area contributed by atoms with E-state index in [9.17, 15) is 0 Å². The lowest BCUT2D eigenvalue weighted by molar-refractivity contribution is 1.10. The van der Waals surface area contributed by atoms with E-state index in [-0.39, 0.29) is 0 Å². The van der Waals surface area contributed by atoms with E-state index in [1.54, 1.807) is 0 Å². The van der Waals surface area contributed by atoms with Crippen molar-refractivity contribution >= 4 is 38.4 Å². The number of aromatic amines is 1. The van der Waals surface area contributed by atoms with Crippen molar-refractivity contribution in [2.75, 3.05) is 0 Å². The van der Waals surface area contributed by atoms with Crippen LogP contribution >= 0.6 is 27.5 Å². The number of hydrogen-bond acceptors (Lipinski definition) is 1. The molecule has 0 bridgehead atoms. The van der Waals surface area contributed by atoms with Gasteiger partial charge in [-0.3, -0.25) is 5.10 Å². The number of aromatic nitrogens is 2. The lowest BCUT2D eigenvalue weighted by Gasteiger charge is -1.95. The molecule has 1 aromatic carbocycles. The Balaban J connectivity index is 2.87. The first kappa shape index (κ1) is 8.08. The lowest BCUT2D eigenvalue weighted by atomic mass is 10.2. The minimum absolute atomic E-state index is 0.751. The van der Waals surface area contributed by atoms with Gasteiger partial charge in [-0.15, -0.1) is 0 Å². The quantitative estimate of drug-likeness (QED) is 0.758. The predicted molar refractivity (Wildman–Crippen MR) is 53.5 cm³/mol. The van der Waals surface area contributed by atoms with E-state index in [1.165, 1.54) is 0 Å². The summed E-state index contributed by atoms with van der Waals surface area (Å²) < 4.78 is 0.900. The van der Waals surface area contributed by atoms with Gasteiger partial charge in [0.05, 0.1) is 5.52 Å². The highest BCUT2D eigenvalue weighted by molar-refractivity contribution is 9.10. The molecule has 12 heavy (non-hydrogen) atoms. The molecule has 0 saturated heterocycles. The van der Waals surface area contributed by atoms with Gasteiger partial charge < -0.3 is 0 Å². The van der Waals surface area contributed by atoms with Gasteiger partial charge in [0.15, 0.2) is 0 Å². The first-order chi connectivity index (χ1) is 5.68. The summed E-state index contributed by atoms with van der Waals surface area (Å²) in [4.78, 5) is 0. The highest BCUT2D eigenvalue weighted by atomic mass is 79.9. The van der Waals surface area contributed by atoms with E-state index in [4.69, 9.17) is 11.6 Å². The SMILES string of the molecule is Cc1cc2c(Br)[nH]nc2cc1Cl. The third-order valence-electron chi connectivity index (χ3n) is 1.79. The normalized spacial score (nSPS) is 10.9. The second-order valence-electron chi connectivity index (χ2n) is 2.66. The Bertz CT molecular complexity index is 436. The van der Waals surface area contributed by atoms with E-state index in [2.05, 4.69) is 26.1 Å². The fraction of sp³-hybridized carbons (Fsp3) is 0.125. The molecule has 4 heteroatoms. The fourth-order valence-corrected chi connectivity index (χ4v) is 1.67. The minimum Gasteiger partial charge on any atom is -0.270 e. The molecule has 0 aliphatic carbocycles. The van der Waals surface area contributed by atoms with Crippen LogP contribution in [-0.2, 0) is 0 Å². The van der Waals surface area contributed by atoms with E-state index in [1.807, 2.05) is 19.1 Å². The Morgan fingerprint density at radius 2 is 2.25 bits per heavy atom. The van der Waals surface area contributed by atoms with Crippen molar-refractivity contribution in [2.24, 2.45) is 0 Å². The molecule has 0 radical (unpaired) electrons. The number of H-pyrrole nitrogens is 1. The molecule has 0 spiro atoms. The molecule has 1 aromatic heterocycles. The molecule has 0 amide bonds. The maximum Gasteiger partial charge on any atom is 0.108 e. The van der Waals surface area contributed by atoms with Crippen LogP contribution < -0.4 is 0 Å². The Kier molecular flexibility index (Phi) is 1.85. The Morgan fingerprint density at radius 1 is 1.50 bits per heavy atom. The summed E-state index contributed by atoms with van der Waals surface area (Å²) in [5.41, 5.74) is 1.95. The lowest BCUT2D eigenvalue weighted by Crippen LogP contribution is -1.75. The number of nitrogens with one attached hydrogen (secondary N) is 1. The van der Waals surface area contributed by atoms with Crippen LogP contribution in [0.5, 0.6) is 0 Å². The second-order valence-corrected chi connectivity index (χ2v) is 3.86. The number of rotatable bonds is 0. The van der Waals surface area contributed by atoms with Crippen LogP contribution in [0.3, 0.4) is 0 Å². The molecule has 2 nitrogen and oxygen atoms in total. The number of benzene rings is 1. The van der Waals surface area contributed by atoms with Crippen molar-refractivity contribution < 1.29 is 0 Å². The summed E-state index contributed by atoms with van der Waals surface area (Å²) in [6.07, 6.45) is 0. The Hall–Kier alpha value is -0.540. The van der Waals surface area contributed by atoms with E-state index in [0.717, 1.165) is 26.1 Å². The number of aryl methyl sites for hydroxylation is 1. The molecule has 2 aromatic rings. The molecule has 1 heterocycles. The van der Waals surface area contributed by atoms with Crippen LogP contribution in [0.15, 0.2) is 16.7 Å². The highest BCUT2D eigenvalue weighted by Gasteiger charge is 2.04. The van der Waals surface area contributed by atoms with Gasteiger partial charge in [-0.2, -0.15) is 5.10 Å². The zero-order chi connectivity index (χ0) is 8.72. The van der Waals surface area contributed by atoms with Crippen molar-refractivity contribution in [3.63, 3.8) is 0 Å². The molecular weight excluding hydrogens is 239 g/mol. The monoisotopic (exact) mass is 244 g/mol. The molecule has 0 aliphatic heterocycles. The highest BCUT2D eigenvalue weighted by Crippen LogP contribution is 2.26. The van der Waals surface area contributed by atoms with Crippen LogP contribution in [-0.4, -0.2) is 10.2 Å².